The molecule has 18 heavy (non-hydrogen) atoms. The van der Waals surface area contributed by atoms with Crippen molar-refractivity contribution in [3.05, 3.63) is 29.8 Å². The lowest BCUT2D eigenvalue weighted by atomic mass is 10.2. The van der Waals surface area contributed by atoms with E-state index in [1.165, 1.54) is 11.3 Å². The monoisotopic (exact) mass is 247 g/mol. The van der Waals surface area contributed by atoms with Crippen LogP contribution in [0.25, 0.3) is 0 Å². The second-order valence-corrected chi connectivity index (χ2v) is 4.73. The van der Waals surface area contributed by atoms with E-state index >= 15 is 0 Å². The molecule has 4 heteroatoms. The molecule has 1 aliphatic rings. The number of hydrogen-bond donors (Lipinski definition) is 2. The van der Waals surface area contributed by atoms with Gasteiger partial charge in [-0.05, 0) is 31.0 Å². The van der Waals surface area contributed by atoms with Gasteiger partial charge < -0.3 is 16.0 Å². The van der Waals surface area contributed by atoms with E-state index in [9.17, 15) is 4.79 Å². The summed E-state index contributed by atoms with van der Waals surface area (Å²) in [5.74, 6) is -0.271. The number of carbonyl (C=O) groups excluding carboxylic acids is 1. The van der Waals surface area contributed by atoms with Crippen molar-refractivity contribution >= 4 is 11.6 Å². The molecule has 4 nitrogen and oxygen atoms in total. The van der Waals surface area contributed by atoms with Gasteiger partial charge in [0.15, 0.2) is 0 Å². The summed E-state index contributed by atoms with van der Waals surface area (Å²) >= 11 is 0. The molecule has 0 saturated heterocycles. The number of nitrogens with two attached hydrogens (primary N) is 1. The maximum absolute atomic E-state index is 11.4. The van der Waals surface area contributed by atoms with Crippen LogP contribution in [0.2, 0.25) is 0 Å². The quantitative estimate of drug-likeness (QED) is 0.785. The Morgan fingerprint density at radius 1 is 1.50 bits per heavy atom. The van der Waals surface area contributed by atoms with Gasteiger partial charge in [0, 0.05) is 18.8 Å². The van der Waals surface area contributed by atoms with Crippen molar-refractivity contribution in [2.45, 2.75) is 25.8 Å². The van der Waals surface area contributed by atoms with Crippen LogP contribution in [0.4, 0.5) is 5.69 Å². The number of nitrogens with one attached hydrogen (secondary N) is 1. The van der Waals surface area contributed by atoms with E-state index in [1.54, 1.807) is 0 Å². The SMILES string of the molecule is CCCNC(CN1CCc2ccccc21)C(N)=O. The maximum atomic E-state index is 11.4. The number of nitrogens with zero attached hydrogens (tertiary/aromatic N) is 1. The minimum atomic E-state index is -0.271. The number of rotatable bonds is 6. The number of amides is 1. The van der Waals surface area contributed by atoms with Crippen LogP contribution in [-0.4, -0.2) is 31.6 Å². The van der Waals surface area contributed by atoms with Gasteiger partial charge in [-0.2, -0.15) is 0 Å². The van der Waals surface area contributed by atoms with Crippen molar-refractivity contribution in [3.63, 3.8) is 0 Å². The summed E-state index contributed by atoms with van der Waals surface area (Å²) in [5, 5.41) is 3.21. The summed E-state index contributed by atoms with van der Waals surface area (Å²) in [6.07, 6.45) is 2.05. The lowest BCUT2D eigenvalue weighted by Crippen LogP contribution is -2.49. The molecule has 2 rings (SSSR count). The molecule has 0 spiro atoms. The molecule has 1 aromatic rings. The topological polar surface area (TPSA) is 58.4 Å². The third kappa shape index (κ3) is 2.82. The summed E-state index contributed by atoms with van der Waals surface area (Å²) in [4.78, 5) is 13.7. The van der Waals surface area contributed by atoms with Crippen LogP contribution in [0.5, 0.6) is 0 Å². The van der Waals surface area contributed by atoms with Crippen LogP contribution >= 0.6 is 0 Å². The van der Waals surface area contributed by atoms with E-state index < -0.39 is 0 Å². The summed E-state index contributed by atoms with van der Waals surface area (Å²) in [6.45, 7) is 4.53. The van der Waals surface area contributed by atoms with Crippen LogP contribution < -0.4 is 16.0 Å². The Hall–Kier alpha value is -1.55. The van der Waals surface area contributed by atoms with Crippen molar-refractivity contribution in [1.29, 1.82) is 0 Å². The molecule has 1 aromatic carbocycles. The molecule has 0 bridgehead atoms. The van der Waals surface area contributed by atoms with Gasteiger partial charge >= 0.3 is 0 Å². The Balaban J connectivity index is 2.02. The molecule has 0 fully saturated rings. The van der Waals surface area contributed by atoms with Gasteiger partial charge in [0.05, 0.1) is 0 Å². The fourth-order valence-electron chi connectivity index (χ4n) is 2.39. The van der Waals surface area contributed by atoms with Crippen molar-refractivity contribution in [3.8, 4) is 0 Å². The summed E-state index contributed by atoms with van der Waals surface area (Å²) in [7, 11) is 0. The molecule has 1 aliphatic heterocycles. The fourth-order valence-corrected chi connectivity index (χ4v) is 2.39. The van der Waals surface area contributed by atoms with Gasteiger partial charge in [-0.25, -0.2) is 0 Å². The van der Waals surface area contributed by atoms with Crippen molar-refractivity contribution < 1.29 is 4.79 Å². The number of primary amides is 1. The van der Waals surface area contributed by atoms with E-state index in [0.717, 1.165) is 25.9 Å². The highest BCUT2D eigenvalue weighted by Crippen LogP contribution is 2.27. The Morgan fingerprint density at radius 2 is 2.28 bits per heavy atom. The van der Waals surface area contributed by atoms with Gasteiger partial charge in [-0.15, -0.1) is 0 Å². The lowest BCUT2D eigenvalue weighted by molar-refractivity contribution is -0.119. The molecule has 0 aromatic heterocycles. The Kier molecular flexibility index (Phi) is 4.20. The van der Waals surface area contributed by atoms with Gasteiger partial charge in [-0.1, -0.05) is 25.1 Å². The Bertz CT molecular complexity index is 419. The zero-order valence-corrected chi connectivity index (χ0v) is 10.9. The number of carbonyl (C=O) groups is 1. The van der Waals surface area contributed by atoms with E-state index in [2.05, 4.69) is 35.3 Å². The number of anilines is 1. The largest absolute Gasteiger partial charge is 0.369 e. The van der Waals surface area contributed by atoms with Crippen LogP contribution in [0.15, 0.2) is 24.3 Å². The van der Waals surface area contributed by atoms with Gasteiger partial charge in [0.1, 0.15) is 6.04 Å². The van der Waals surface area contributed by atoms with Crippen LogP contribution in [0, 0.1) is 0 Å². The van der Waals surface area contributed by atoms with Crippen LogP contribution in [0.1, 0.15) is 18.9 Å². The van der Waals surface area contributed by atoms with E-state index in [4.69, 9.17) is 5.73 Å². The van der Waals surface area contributed by atoms with Crippen LogP contribution in [0.3, 0.4) is 0 Å². The molecule has 0 saturated carbocycles. The van der Waals surface area contributed by atoms with Gasteiger partial charge in [-0.3, -0.25) is 4.79 Å². The third-order valence-corrected chi connectivity index (χ3v) is 3.37. The fraction of sp³-hybridized carbons (Fsp3) is 0.500. The van der Waals surface area contributed by atoms with Crippen LogP contribution in [-0.2, 0) is 11.2 Å². The van der Waals surface area contributed by atoms with E-state index in [0.29, 0.717) is 6.54 Å². The average Bonchev–Trinajstić information content (AvgIpc) is 2.77. The number of fused-ring (bicyclic) bond motifs is 1. The highest BCUT2D eigenvalue weighted by molar-refractivity contribution is 5.81. The van der Waals surface area contributed by atoms with E-state index in [1.807, 2.05) is 6.07 Å². The predicted octanol–water partition coefficient (Wildman–Crippen LogP) is 0.903. The lowest BCUT2D eigenvalue weighted by Gasteiger charge is -2.24. The third-order valence-electron chi connectivity index (χ3n) is 3.37. The molecule has 0 radical (unpaired) electrons. The summed E-state index contributed by atoms with van der Waals surface area (Å²) < 4.78 is 0. The zero-order chi connectivity index (χ0) is 13.0. The summed E-state index contributed by atoms with van der Waals surface area (Å²) in [5.41, 5.74) is 8.04. The molecule has 0 aliphatic carbocycles. The average molecular weight is 247 g/mol. The number of hydrogen-bond acceptors (Lipinski definition) is 3. The highest BCUT2D eigenvalue weighted by Gasteiger charge is 2.23. The first-order valence-electron chi connectivity index (χ1n) is 6.58. The molecular weight excluding hydrogens is 226 g/mol. The standard InChI is InChI=1S/C14H21N3O/c1-2-8-16-12(14(15)18)10-17-9-7-11-5-3-4-6-13(11)17/h3-6,12,16H,2,7-10H2,1H3,(H2,15,18). The minimum Gasteiger partial charge on any atom is -0.369 e. The first-order valence-corrected chi connectivity index (χ1v) is 6.58. The maximum Gasteiger partial charge on any atom is 0.236 e. The normalized spacial score (nSPS) is 15.5. The highest BCUT2D eigenvalue weighted by atomic mass is 16.1. The van der Waals surface area contributed by atoms with E-state index in [-0.39, 0.29) is 11.9 Å². The van der Waals surface area contributed by atoms with Crippen molar-refractivity contribution in [1.82, 2.24) is 5.32 Å². The first-order chi connectivity index (χ1) is 8.72. The molecule has 3 N–H and O–H groups in total. The second kappa shape index (κ2) is 5.87. The molecule has 98 valence electrons. The van der Waals surface area contributed by atoms with Crippen molar-refractivity contribution in [2.24, 2.45) is 5.73 Å². The van der Waals surface area contributed by atoms with Crippen molar-refractivity contribution in [2.75, 3.05) is 24.5 Å². The van der Waals surface area contributed by atoms with Gasteiger partial charge in [0.2, 0.25) is 5.91 Å². The first kappa shape index (κ1) is 12.9. The summed E-state index contributed by atoms with van der Waals surface area (Å²) in [6, 6.07) is 8.09. The Morgan fingerprint density at radius 3 is 3.00 bits per heavy atom. The second-order valence-electron chi connectivity index (χ2n) is 4.73. The minimum absolute atomic E-state index is 0.267. The molecule has 1 amide bonds. The molecule has 1 heterocycles. The molecular formula is C14H21N3O. The number of para-hydroxylation sites is 1. The number of benzene rings is 1. The smallest absolute Gasteiger partial charge is 0.236 e. The molecule has 1 atom stereocenters. The predicted molar refractivity (Wildman–Crippen MR) is 73.6 cm³/mol. The van der Waals surface area contributed by atoms with Gasteiger partial charge in [0.25, 0.3) is 0 Å². The molecule has 1 unspecified atom stereocenters. The Labute approximate surface area is 108 Å². The zero-order valence-electron chi connectivity index (χ0n) is 10.9.